The molecule has 0 fully saturated rings. The number of rotatable bonds is 27. The average Bonchev–Trinajstić information content (AvgIpc) is 3.08. The minimum absolute atomic E-state index is 0.0467. The van der Waals surface area contributed by atoms with Crippen LogP contribution in [0.5, 0.6) is 0 Å². The molecule has 0 heterocycles. The van der Waals surface area contributed by atoms with E-state index >= 15 is 0 Å². The van der Waals surface area contributed by atoms with Gasteiger partial charge in [0.2, 0.25) is 0 Å². The van der Waals surface area contributed by atoms with E-state index in [2.05, 4.69) is 6.92 Å². The molecule has 0 unspecified atom stereocenters. The van der Waals surface area contributed by atoms with Gasteiger partial charge < -0.3 is 14.2 Å². The zero-order chi connectivity index (χ0) is 33.4. The second kappa shape index (κ2) is 23.7. The standard InChI is InChI=1S/C40H58O6S/c1-3-4-5-6-7-8-9-10-11-12-13-23-30-38(44-32-36-26-19-15-20-27-36)40(45-33-37-28-21-16-22-29-37)39(46-47(2,41)42)34-43-31-35-24-17-14-18-25-35/h14-22,24-29,38-40H,3-13,23,30-34H2,1-2H3/t38-,39-,40-/m1/s1. The van der Waals surface area contributed by atoms with Crippen molar-refractivity contribution in [3.63, 3.8) is 0 Å². The topological polar surface area (TPSA) is 71.1 Å². The highest BCUT2D eigenvalue weighted by Crippen LogP contribution is 2.24. The molecule has 3 aromatic rings. The first-order valence-corrected chi connectivity index (χ1v) is 19.6. The van der Waals surface area contributed by atoms with E-state index in [1.165, 1.54) is 64.2 Å². The maximum Gasteiger partial charge on any atom is 0.264 e. The predicted molar refractivity (Wildman–Crippen MR) is 192 cm³/mol. The number of benzene rings is 3. The summed E-state index contributed by atoms with van der Waals surface area (Å²) in [4.78, 5) is 0. The van der Waals surface area contributed by atoms with Crippen LogP contribution >= 0.6 is 0 Å². The Morgan fingerprint density at radius 1 is 0.532 bits per heavy atom. The summed E-state index contributed by atoms with van der Waals surface area (Å²) in [6, 6.07) is 29.8. The molecule has 3 aromatic carbocycles. The van der Waals surface area contributed by atoms with E-state index in [1.807, 2.05) is 91.0 Å². The van der Waals surface area contributed by atoms with E-state index in [9.17, 15) is 8.42 Å². The lowest BCUT2D eigenvalue weighted by molar-refractivity contribution is -0.141. The zero-order valence-electron chi connectivity index (χ0n) is 28.8. The lowest BCUT2D eigenvalue weighted by Gasteiger charge is -2.33. The molecule has 0 radical (unpaired) electrons. The molecule has 47 heavy (non-hydrogen) atoms. The van der Waals surface area contributed by atoms with E-state index in [0.29, 0.717) is 19.8 Å². The smallest absolute Gasteiger partial charge is 0.264 e. The Bertz CT molecular complexity index is 1270. The van der Waals surface area contributed by atoms with Gasteiger partial charge in [-0.1, -0.05) is 175 Å². The molecule has 0 bridgehead atoms. The molecule has 0 aromatic heterocycles. The summed E-state index contributed by atoms with van der Waals surface area (Å²) in [6.45, 7) is 3.34. The molecule has 7 heteroatoms. The summed E-state index contributed by atoms with van der Waals surface area (Å²) in [5.74, 6) is 0. The lowest BCUT2D eigenvalue weighted by Crippen LogP contribution is -2.46. The summed E-state index contributed by atoms with van der Waals surface area (Å²) in [5.41, 5.74) is 3.05. The van der Waals surface area contributed by atoms with Crippen LogP contribution in [-0.2, 0) is 48.3 Å². The highest BCUT2D eigenvalue weighted by atomic mass is 32.2. The minimum atomic E-state index is -3.81. The molecular weight excluding hydrogens is 609 g/mol. The molecule has 6 nitrogen and oxygen atoms in total. The Morgan fingerprint density at radius 2 is 0.957 bits per heavy atom. The highest BCUT2D eigenvalue weighted by molar-refractivity contribution is 7.86. The largest absolute Gasteiger partial charge is 0.374 e. The summed E-state index contributed by atoms with van der Waals surface area (Å²) in [7, 11) is -3.81. The number of unbranched alkanes of at least 4 members (excludes halogenated alkanes) is 11. The third-order valence-corrected chi connectivity index (χ3v) is 8.96. The van der Waals surface area contributed by atoms with Crippen molar-refractivity contribution in [2.75, 3.05) is 12.9 Å². The fourth-order valence-corrected chi connectivity index (χ4v) is 6.41. The van der Waals surface area contributed by atoms with Crippen molar-refractivity contribution in [3.8, 4) is 0 Å². The van der Waals surface area contributed by atoms with Crippen molar-refractivity contribution < 1.29 is 26.8 Å². The van der Waals surface area contributed by atoms with Gasteiger partial charge in [0.25, 0.3) is 10.1 Å². The lowest BCUT2D eigenvalue weighted by atomic mass is 10.00. The third kappa shape index (κ3) is 18.0. The molecule has 3 atom stereocenters. The molecule has 3 rings (SSSR count). The quantitative estimate of drug-likeness (QED) is 0.0596. The SMILES string of the molecule is CCCCCCCCCCCCCC[C@@H](OCc1ccccc1)[C@@H](OCc1ccccc1)[C@@H](COCc1ccccc1)OS(C)(=O)=O. The third-order valence-electron chi connectivity index (χ3n) is 8.36. The molecule has 0 amide bonds. The highest BCUT2D eigenvalue weighted by Gasteiger charge is 2.35. The van der Waals surface area contributed by atoms with E-state index < -0.39 is 28.4 Å². The summed E-state index contributed by atoms with van der Waals surface area (Å²) < 4.78 is 50.0. The van der Waals surface area contributed by atoms with Crippen LogP contribution in [0, 0.1) is 0 Å². The first kappa shape index (κ1) is 38.9. The van der Waals surface area contributed by atoms with Gasteiger partial charge in [0.1, 0.15) is 12.2 Å². The Labute approximate surface area is 285 Å². The zero-order valence-corrected chi connectivity index (χ0v) is 29.6. The van der Waals surface area contributed by atoms with Crippen molar-refractivity contribution in [1.82, 2.24) is 0 Å². The first-order valence-electron chi connectivity index (χ1n) is 17.8. The second-order valence-electron chi connectivity index (χ2n) is 12.6. The molecule has 0 saturated carbocycles. The Hall–Kier alpha value is -2.55. The predicted octanol–water partition coefficient (Wildman–Crippen LogP) is 9.81. The van der Waals surface area contributed by atoms with Gasteiger partial charge in [-0.15, -0.1) is 0 Å². The van der Waals surface area contributed by atoms with Crippen LogP contribution in [0.2, 0.25) is 0 Å². The number of hydrogen-bond donors (Lipinski definition) is 0. The Morgan fingerprint density at radius 3 is 1.43 bits per heavy atom. The monoisotopic (exact) mass is 666 g/mol. The molecule has 0 saturated heterocycles. The van der Waals surface area contributed by atoms with Crippen molar-refractivity contribution in [3.05, 3.63) is 108 Å². The molecule has 0 aliphatic heterocycles. The van der Waals surface area contributed by atoms with Gasteiger partial charge in [-0.3, -0.25) is 4.18 Å². The van der Waals surface area contributed by atoms with E-state index in [4.69, 9.17) is 18.4 Å². The molecular formula is C40H58O6S. The fraction of sp³-hybridized carbons (Fsp3) is 0.550. The van der Waals surface area contributed by atoms with Gasteiger partial charge in [0.15, 0.2) is 0 Å². The maximum absolute atomic E-state index is 12.6. The molecule has 260 valence electrons. The summed E-state index contributed by atoms with van der Waals surface area (Å²) in [6.07, 6.45) is 15.0. The van der Waals surface area contributed by atoms with Crippen molar-refractivity contribution >= 4 is 10.1 Å². The number of ether oxygens (including phenoxy) is 3. The van der Waals surface area contributed by atoms with Crippen molar-refractivity contribution in [2.24, 2.45) is 0 Å². The van der Waals surface area contributed by atoms with Gasteiger partial charge in [-0.25, -0.2) is 0 Å². The van der Waals surface area contributed by atoms with E-state index in [0.717, 1.165) is 42.2 Å². The maximum atomic E-state index is 12.6. The summed E-state index contributed by atoms with van der Waals surface area (Å²) in [5, 5.41) is 0. The van der Waals surface area contributed by atoms with E-state index in [-0.39, 0.29) is 6.61 Å². The number of hydrogen-bond acceptors (Lipinski definition) is 6. The minimum Gasteiger partial charge on any atom is -0.374 e. The normalized spacial score (nSPS) is 13.7. The van der Waals surface area contributed by atoms with Crippen molar-refractivity contribution in [2.45, 2.75) is 129 Å². The Kier molecular flexibility index (Phi) is 19.6. The average molecular weight is 667 g/mol. The van der Waals surface area contributed by atoms with Crippen molar-refractivity contribution in [1.29, 1.82) is 0 Å². The first-order chi connectivity index (χ1) is 22.9. The Balaban J connectivity index is 1.68. The van der Waals surface area contributed by atoms with Crippen LogP contribution in [0.3, 0.4) is 0 Å². The fourth-order valence-electron chi connectivity index (χ4n) is 5.80. The summed E-state index contributed by atoms with van der Waals surface area (Å²) >= 11 is 0. The van der Waals surface area contributed by atoms with E-state index in [1.54, 1.807) is 0 Å². The van der Waals surface area contributed by atoms with Crippen LogP contribution in [0.15, 0.2) is 91.0 Å². The van der Waals surface area contributed by atoms with Crippen LogP contribution in [0.25, 0.3) is 0 Å². The van der Waals surface area contributed by atoms with Gasteiger partial charge in [-0.2, -0.15) is 8.42 Å². The molecule has 0 aliphatic rings. The van der Waals surface area contributed by atoms with Crippen LogP contribution in [-0.4, -0.2) is 39.6 Å². The van der Waals surface area contributed by atoms with Crippen LogP contribution in [0.1, 0.15) is 107 Å². The van der Waals surface area contributed by atoms with Crippen LogP contribution in [0.4, 0.5) is 0 Å². The van der Waals surface area contributed by atoms with Crippen LogP contribution < -0.4 is 0 Å². The second-order valence-corrected chi connectivity index (χ2v) is 14.2. The molecule has 0 N–H and O–H groups in total. The molecule has 0 spiro atoms. The van der Waals surface area contributed by atoms with Gasteiger partial charge in [0, 0.05) is 0 Å². The van der Waals surface area contributed by atoms with Gasteiger partial charge in [0.05, 0.1) is 38.8 Å². The van der Waals surface area contributed by atoms with Gasteiger partial charge >= 0.3 is 0 Å². The molecule has 0 aliphatic carbocycles. The van der Waals surface area contributed by atoms with Gasteiger partial charge in [-0.05, 0) is 23.1 Å².